The summed E-state index contributed by atoms with van der Waals surface area (Å²) >= 11 is 0. The van der Waals surface area contributed by atoms with Crippen LogP contribution in [0.25, 0.3) is 16.7 Å². The maximum absolute atomic E-state index is 12.1. The third-order valence-corrected chi connectivity index (χ3v) is 6.25. The molecule has 0 bridgehead atoms. The second kappa shape index (κ2) is 8.67. The molecule has 1 aliphatic heterocycles. The number of hydrogen-bond acceptors (Lipinski definition) is 6. The Kier molecular flexibility index (Phi) is 5.55. The van der Waals surface area contributed by atoms with Crippen LogP contribution in [-0.2, 0) is 13.0 Å². The fourth-order valence-corrected chi connectivity index (χ4v) is 4.34. The number of nitrogens with one attached hydrogen (secondary N) is 2. The molecule has 5 heterocycles. The number of hydrogen-bond donors (Lipinski definition) is 2. The number of anilines is 1. The number of rotatable bonds is 5. The Labute approximate surface area is 191 Å². The van der Waals surface area contributed by atoms with Crippen LogP contribution in [0, 0.1) is 0 Å². The van der Waals surface area contributed by atoms with Crippen LogP contribution in [0.2, 0.25) is 0 Å². The Balaban J connectivity index is 1.25. The van der Waals surface area contributed by atoms with Gasteiger partial charge in [0, 0.05) is 63.9 Å². The number of H-pyrrole nitrogens is 1. The molecule has 0 atom stereocenters. The minimum absolute atomic E-state index is 0.0325. The molecule has 0 aliphatic carbocycles. The van der Waals surface area contributed by atoms with Gasteiger partial charge in [-0.15, -0.1) is 0 Å². The van der Waals surface area contributed by atoms with Gasteiger partial charge in [-0.05, 0) is 36.2 Å². The SMILES string of the molecule is CCc1cc2ncc(CN3CCN(c4ccc5nc(C(=O)NC)cn5c4)CC3)cc2[nH]c1=O. The highest BCUT2D eigenvalue weighted by Gasteiger charge is 2.19. The minimum atomic E-state index is -0.188. The van der Waals surface area contributed by atoms with E-state index < -0.39 is 0 Å². The first kappa shape index (κ1) is 21.1. The van der Waals surface area contributed by atoms with Gasteiger partial charge in [0.1, 0.15) is 11.3 Å². The van der Waals surface area contributed by atoms with Crippen molar-refractivity contribution < 1.29 is 4.79 Å². The average molecular weight is 446 g/mol. The molecule has 1 amide bonds. The molecule has 5 rings (SSSR count). The van der Waals surface area contributed by atoms with Crippen LogP contribution in [0.5, 0.6) is 0 Å². The Morgan fingerprint density at radius 3 is 2.73 bits per heavy atom. The van der Waals surface area contributed by atoms with Gasteiger partial charge in [-0.1, -0.05) is 6.92 Å². The highest BCUT2D eigenvalue weighted by Crippen LogP contribution is 2.20. The number of piperazine rings is 1. The Hall–Kier alpha value is -3.72. The number of carbonyl (C=O) groups excluding carboxylic acids is 1. The van der Waals surface area contributed by atoms with Crippen LogP contribution in [0.3, 0.4) is 0 Å². The number of aryl methyl sites for hydroxylation is 1. The molecule has 4 aromatic rings. The van der Waals surface area contributed by atoms with Gasteiger partial charge in [0.05, 0.1) is 16.7 Å². The normalized spacial score (nSPS) is 14.8. The quantitative estimate of drug-likeness (QED) is 0.486. The molecule has 4 aromatic heterocycles. The molecule has 0 radical (unpaired) electrons. The molecule has 9 nitrogen and oxygen atoms in total. The summed E-state index contributed by atoms with van der Waals surface area (Å²) in [6, 6.07) is 7.91. The summed E-state index contributed by atoms with van der Waals surface area (Å²) in [6.07, 6.45) is 6.39. The van der Waals surface area contributed by atoms with Crippen LogP contribution in [-0.4, -0.2) is 63.4 Å². The van der Waals surface area contributed by atoms with Crippen molar-refractivity contribution in [2.45, 2.75) is 19.9 Å². The maximum Gasteiger partial charge on any atom is 0.271 e. The maximum atomic E-state index is 12.1. The molecule has 2 N–H and O–H groups in total. The van der Waals surface area contributed by atoms with Gasteiger partial charge < -0.3 is 19.6 Å². The predicted molar refractivity (Wildman–Crippen MR) is 128 cm³/mol. The number of fused-ring (bicyclic) bond motifs is 2. The van der Waals surface area contributed by atoms with Gasteiger partial charge in [-0.25, -0.2) is 4.98 Å². The van der Waals surface area contributed by atoms with Crippen LogP contribution >= 0.6 is 0 Å². The summed E-state index contributed by atoms with van der Waals surface area (Å²) in [7, 11) is 1.60. The van der Waals surface area contributed by atoms with E-state index in [1.807, 2.05) is 41.9 Å². The van der Waals surface area contributed by atoms with Crippen LogP contribution < -0.4 is 15.8 Å². The van der Waals surface area contributed by atoms with Gasteiger partial charge in [0.15, 0.2) is 0 Å². The number of aromatic amines is 1. The monoisotopic (exact) mass is 445 g/mol. The average Bonchev–Trinajstić information content (AvgIpc) is 3.27. The molecule has 0 unspecified atom stereocenters. The van der Waals surface area contributed by atoms with Crippen molar-refractivity contribution >= 4 is 28.3 Å². The molecule has 1 aliphatic rings. The number of pyridine rings is 3. The summed E-state index contributed by atoms with van der Waals surface area (Å²) in [5.41, 5.74) is 5.72. The second-order valence-electron chi connectivity index (χ2n) is 8.37. The molecule has 1 fully saturated rings. The molecule has 9 heteroatoms. The Morgan fingerprint density at radius 2 is 1.97 bits per heavy atom. The van der Waals surface area contributed by atoms with E-state index in [-0.39, 0.29) is 11.5 Å². The van der Waals surface area contributed by atoms with Crippen molar-refractivity contribution in [3.8, 4) is 0 Å². The summed E-state index contributed by atoms with van der Waals surface area (Å²) in [6.45, 7) is 6.42. The van der Waals surface area contributed by atoms with Crippen molar-refractivity contribution in [1.82, 2.24) is 29.6 Å². The van der Waals surface area contributed by atoms with Crippen molar-refractivity contribution in [1.29, 1.82) is 0 Å². The van der Waals surface area contributed by atoms with Crippen LogP contribution in [0.1, 0.15) is 28.5 Å². The van der Waals surface area contributed by atoms with E-state index in [0.29, 0.717) is 12.1 Å². The first-order valence-corrected chi connectivity index (χ1v) is 11.2. The third kappa shape index (κ3) is 4.19. The summed E-state index contributed by atoms with van der Waals surface area (Å²) in [5, 5.41) is 2.61. The van der Waals surface area contributed by atoms with Crippen LogP contribution in [0.15, 0.2) is 47.7 Å². The standard InChI is InChI=1S/C24H27N7O2/c1-3-17-11-19-20(28-23(17)32)10-16(12-26-19)13-29-6-8-30(9-7-29)18-4-5-22-27-21(24(33)25-2)15-31(22)14-18/h4-5,10-12,14-15H,3,6-9,13H2,1-2H3,(H,25,33)(H,28,32). The van der Waals surface area contributed by atoms with E-state index in [0.717, 1.165) is 66.2 Å². The first-order valence-electron chi connectivity index (χ1n) is 11.2. The molecule has 0 spiro atoms. The van der Waals surface area contributed by atoms with E-state index in [1.165, 1.54) is 0 Å². The third-order valence-electron chi connectivity index (χ3n) is 6.25. The lowest BCUT2D eigenvalue weighted by atomic mass is 10.1. The smallest absolute Gasteiger partial charge is 0.271 e. The first-order chi connectivity index (χ1) is 16.0. The van der Waals surface area contributed by atoms with Gasteiger partial charge >= 0.3 is 0 Å². The zero-order chi connectivity index (χ0) is 22.9. The fraction of sp³-hybridized carbons (Fsp3) is 0.333. The summed E-state index contributed by atoms with van der Waals surface area (Å²) in [5.74, 6) is -0.188. The van der Waals surface area contributed by atoms with Gasteiger partial charge in [-0.3, -0.25) is 19.5 Å². The van der Waals surface area contributed by atoms with E-state index in [2.05, 4.69) is 36.1 Å². The molecular weight excluding hydrogens is 418 g/mol. The van der Waals surface area contributed by atoms with E-state index in [1.54, 1.807) is 13.2 Å². The Morgan fingerprint density at radius 1 is 1.15 bits per heavy atom. The predicted octanol–water partition coefficient (Wildman–Crippen LogP) is 1.81. The topological polar surface area (TPSA) is 98.6 Å². The van der Waals surface area contributed by atoms with Gasteiger partial charge in [0.2, 0.25) is 0 Å². The summed E-state index contributed by atoms with van der Waals surface area (Å²) < 4.78 is 1.90. The number of imidazole rings is 1. The number of carbonyl (C=O) groups is 1. The second-order valence-corrected chi connectivity index (χ2v) is 8.37. The lowest BCUT2D eigenvalue weighted by Crippen LogP contribution is -2.46. The number of amides is 1. The van der Waals surface area contributed by atoms with Crippen molar-refractivity contribution in [3.63, 3.8) is 0 Å². The van der Waals surface area contributed by atoms with Crippen molar-refractivity contribution in [2.75, 3.05) is 38.1 Å². The molecule has 0 saturated carbocycles. The van der Waals surface area contributed by atoms with E-state index in [9.17, 15) is 9.59 Å². The highest BCUT2D eigenvalue weighted by molar-refractivity contribution is 5.92. The minimum Gasteiger partial charge on any atom is -0.368 e. The zero-order valence-corrected chi connectivity index (χ0v) is 18.8. The molecule has 33 heavy (non-hydrogen) atoms. The van der Waals surface area contributed by atoms with Crippen molar-refractivity contribution in [3.05, 3.63) is 70.0 Å². The highest BCUT2D eigenvalue weighted by atomic mass is 16.1. The van der Waals surface area contributed by atoms with Gasteiger partial charge in [-0.2, -0.15) is 0 Å². The molecule has 0 aromatic carbocycles. The Bertz CT molecular complexity index is 1380. The van der Waals surface area contributed by atoms with Crippen LogP contribution in [0.4, 0.5) is 5.69 Å². The molecule has 1 saturated heterocycles. The summed E-state index contributed by atoms with van der Waals surface area (Å²) in [4.78, 5) is 40.6. The van der Waals surface area contributed by atoms with E-state index >= 15 is 0 Å². The lowest BCUT2D eigenvalue weighted by Gasteiger charge is -2.36. The van der Waals surface area contributed by atoms with Crippen molar-refractivity contribution in [2.24, 2.45) is 0 Å². The number of nitrogens with zero attached hydrogens (tertiary/aromatic N) is 5. The zero-order valence-electron chi connectivity index (χ0n) is 18.8. The molecule has 170 valence electrons. The lowest BCUT2D eigenvalue weighted by molar-refractivity contribution is 0.0958. The fourth-order valence-electron chi connectivity index (χ4n) is 4.34. The molecular formula is C24H27N7O2. The number of aromatic nitrogens is 4. The van der Waals surface area contributed by atoms with E-state index in [4.69, 9.17) is 0 Å². The van der Waals surface area contributed by atoms with Gasteiger partial charge in [0.25, 0.3) is 11.5 Å². The largest absolute Gasteiger partial charge is 0.368 e.